The molecule has 1 aromatic heterocycles. The predicted octanol–water partition coefficient (Wildman–Crippen LogP) is 3.89. The highest BCUT2D eigenvalue weighted by atomic mass is 32.1. The van der Waals surface area contributed by atoms with Crippen LogP contribution in [0.3, 0.4) is 0 Å². The molecule has 0 unspecified atom stereocenters. The fraction of sp³-hybridized carbons (Fsp3) is 0.357. The molecular formula is C14H15F3N2OS. The monoisotopic (exact) mass is 316 g/mol. The molecule has 0 saturated carbocycles. The van der Waals surface area contributed by atoms with Crippen molar-refractivity contribution in [1.82, 2.24) is 10.3 Å². The van der Waals surface area contributed by atoms with E-state index in [4.69, 9.17) is 0 Å². The molecule has 0 aliphatic carbocycles. The molecule has 2 aromatic rings. The van der Waals surface area contributed by atoms with Crippen molar-refractivity contribution in [2.45, 2.75) is 32.8 Å². The second-order valence-corrected chi connectivity index (χ2v) is 5.53. The highest BCUT2D eigenvalue weighted by Crippen LogP contribution is 2.26. The van der Waals surface area contributed by atoms with Gasteiger partial charge in [-0.2, -0.15) is 0 Å². The molecule has 1 N–H and O–H groups in total. The minimum Gasteiger partial charge on any atom is -0.405 e. The summed E-state index contributed by atoms with van der Waals surface area (Å²) in [6, 6.07) is 6.11. The SMILES string of the molecule is CCc1cnc(CNCc2ccccc2OC(F)(F)F)s1. The summed E-state index contributed by atoms with van der Waals surface area (Å²) in [4.78, 5) is 5.43. The molecule has 1 aromatic carbocycles. The van der Waals surface area contributed by atoms with Gasteiger partial charge in [-0.15, -0.1) is 24.5 Å². The number of nitrogens with one attached hydrogen (secondary N) is 1. The van der Waals surface area contributed by atoms with Gasteiger partial charge in [0, 0.05) is 29.7 Å². The minimum absolute atomic E-state index is 0.175. The molecular weight excluding hydrogens is 301 g/mol. The number of thiazole rings is 1. The molecule has 0 bridgehead atoms. The largest absolute Gasteiger partial charge is 0.573 e. The Hall–Kier alpha value is -1.60. The predicted molar refractivity (Wildman–Crippen MR) is 75.2 cm³/mol. The molecule has 0 saturated heterocycles. The summed E-state index contributed by atoms with van der Waals surface area (Å²) in [6.07, 6.45) is -1.93. The van der Waals surface area contributed by atoms with Crippen molar-refractivity contribution in [3.8, 4) is 5.75 Å². The number of alkyl halides is 3. The molecule has 0 aliphatic rings. The molecule has 21 heavy (non-hydrogen) atoms. The van der Waals surface area contributed by atoms with E-state index in [0.717, 1.165) is 11.4 Å². The number of hydrogen-bond acceptors (Lipinski definition) is 4. The number of aryl methyl sites for hydroxylation is 1. The zero-order valence-corrected chi connectivity index (χ0v) is 12.2. The highest BCUT2D eigenvalue weighted by molar-refractivity contribution is 7.11. The Bertz CT molecular complexity index is 584. The number of halogens is 3. The molecule has 0 aliphatic heterocycles. The van der Waals surface area contributed by atoms with Gasteiger partial charge in [0.25, 0.3) is 0 Å². The van der Waals surface area contributed by atoms with E-state index in [9.17, 15) is 13.2 Å². The first kappa shape index (κ1) is 15.8. The summed E-state index contributed by atoms with van der Waals surface area (Å²) in [5.74, 6) is -0.175. The van der Waals surface area contributed by atoms with Crippen LogP contribution in [0.15, 0.2) is 30.5 Å². The van der Waals surface area contributed by atoms with E-state index in [1.807, 2.05) is 6.20 Å². The molecule has 0 amide bonds. The maximum absolute atomic E-state index is 12.3. The Labute approximate surface area is 124 Å². The Morgan fingerprint density at radius 2 is 2.00 bits per heavy atom. The Kier molecular flexibility index (Phi) is 5.19. The summed E-state index contributed by atoms with van der Waals surface area (Å²) in [7, 11) is 0. The van der Waals surface area contributed by atoms with E-state index in [-0.39, 0.29) is 12.3 Å². The van der Waals surface area contributed by atoms with Crippen molar-refractivity contribution in [3.05, 3.63) is 45.9 Å². The Morgan fingerprint density at radius 1 is 1.24 bits per heavy atom. The van der Waals surface area contributed by atoms with Crippen molar-refractivity contribution >= 4 is 11.3 Å². The first-order valence-corrected chi connectivity index (χ1v) is 7.27. The van der Waals surface area contributed by atoms with Crippen LogP contribution in [0.1, 0.15) is 22.4 Å². The van der Waals surface area contributed by atoms with E-state index in [1.54, 1.807) is 23.5 Å². The van der Waals surface area contributed by atoms with Crippen molar-refractivity contribution in [1.29, 1.82) is 0 Å². The lowest BCUT2D eigenvalue weighted by Crippen LogP contribution is -2.20. The maximum Gasteiger partial charge on any atom is 0.573 e. The molecule has 0 spiro atoms. The van der Waals surface area contributed by atoms with Crippen LogP contribution in [0.4, 0.5) is 13.2 Å². The molecule has 0 radical (unpaired) electrons. The third kappa shape index (κ3) is 5.02. The van der Waals surface area contributed by atoms with Gasteiger partial charge in [-0.1, -0.05) is 25.1 Å². The van der Waals surface area contributed by atoms with Crippen LogP contribution in [0.5, 0.6) is 5.75 Å². The molecule has 7 heteroatoms. The maximum atomic E-state index is 12.3. The number of ether oxygens (including phenoxy) is 1. The number of nitrogens with zero attached hydrogens (tertiary/aromatic N) is 1. The molecule has 3 nitrogen and oxygen atoms in total. The van der Waals surface area contributed by atoms with E-state index >= 15 is 0 Å². The molecule has 0 atom stereocenters. The van der Waals surface area contributed by atoms with Gasteiger partial charge in [0.05, 0.1) is 0 Å². The molecule has 114 valence electrons. The minimum atomic E-state index is -4.68. The van der Waals surface area contributed by atoms with Crippen LogP contribution in [-0.4, -0.2) is 11.3 Å². The molecule has 2 rings (SSSR count). The summed E-state index contributed by atoms with van der Waals surface area (Å²) < 4.78 is 40.9. The third-order valence-electron chi connectivity index (χ3n) is 2.74. The quantitative estimate of drug-likeness (QED) is 0.878. The first-order valence-electron chi connectivity index (χ1n) is 6.46. The standard InChI is InChI=1S/C14H15F3N2OS/c1-2-11-8-19-13(21-11)9-18-7-10-5-3-4-6-12(10)20-14(15,16)17/h3-6,8,18H,2,7,9H2,1H3. The Morgan fingerprint density at radius 3 is 2.67 bits per heavy atom. The molecule has 1 heterocycles. The summed E-state index contributed by atoms with van der Waals surface area (Å²) in [5, 5.41) is 4.00. The lowest BCUT2D eigenvalue weighted by Gasteiger charge is -2.13. The number of benzene rings is 1. The van der Waals surface area contributed by atoms with Crippen LogP contribution >= 0.6 is 11.3 Å². The normalized spacial score (nSPS) is 11.6. The zero-order chi connectivity index (χ0) is 15.3. The van der Waals surface area contributed by atoms with E-state index < -0.39 is 6.36 Å². The molecule has 0 fully saturated rings. The van der Waals surface area contributed by atoms with Crippen LogP contribution in [-0.2, 0) is 19.5 Å². The van der Waals surface area contributed by atoms with Gasteiger partial charge in [0.2, 0.25) is 0 Å². The number of para-hydroxylation sites is 1. The number of aromatic nitrogens is 1. The number of rotatable bonds is 6. The van der Waals surface area contributed by atoms with Gasteiger partial charge >= 0.3 is 6.36 Å². The van der Waals surface area contributed by atoms with E-state index in [1.165, 1.54) is 17.0 Å². The van der Waals surface area contributed by atoms with Gasteiger partial charge in [0.1, 0.15) is 10.8 Å². The third-order valence-corrected chi connectivity index (χ3v) is 3.88. The average Bonchev–Trinajstić information content (AvgIpc) is 2.87. The topological polar surface area (TPSA) is 34.2 Å². The van der Waals surface area contributed by atoms with Crippen LogP contribution in [0, 0.1) is 0 Å². The lowest BCUT2D eigenvalue weighted by atomic mass is 10.2. The average molecular weight is 316 g/mol. The van der Waals surface area contributed by atoms with Crippen molar-refractivity contribution in [2.75, 3.05) is 0 Å². The van der Waals surface area contributed by atoms with Gasteiger partial charge < -0.3 is 10.1 Å². The van der Waals surface area contributed by atoms with Crippen molar-refractivity contribution in [2.24, 2.45) is 0 Å². The zero-order valence-electron chi connectivity index (χ0n) is 11.4. The summed E-state index contributed by atoms with van der Waals surface area (Å²) in [6.45, 7) is 2.85. The Balaban J connectivity index is 1.93. The van der Waals surface area contributed by atoms with Crippen molar-refractivity contribution in [3.63, 3.8) is 0 Å². The fourth-order valence-corrected chi connectivity index (χ4v) is 2.60. The lowest BCUT2D eigenvalue weighted by molar-refractivity contribution is -0.274. The van der Waals surface area contributed by atoms with Gasteiger partial charge in [-0.3, -0.25) is 0 Å². The van der Waals surface area contributed by atoms with Gasteiger partial charge in [-0.05, 0) is 12.5 Å². The van der Waals surface area contributed by atoms with Gasteiger partial charge in [-0.25, -0.2) is 4.98 Å². The van der Waals surface area contributed by atoms with E-state index in [2.05, 4.69) is 22.0 Å². The number of hydrogen-bond donors (Lipinski definition) is 1. The second-order valence-electron chi connectivity index (χ2n) is 4.33. The smallest absolute Gasteiger partial charge is 0.405 e. The van der Waals surface area contributed by atoms with Crippen LogP contribution in [0.25, 0.3) is 0 Å². The van der Waals surface area contributed by atoms with Gasteiger partial charge in [0.15, 0.2) is 0 Å². The summed E-state index contributed by atoms with van der Waals surface area (Å²) in [5.41, 5.74) is 0.460. The fourth-order valence-electron chi connectivity index (χ4n) is 1.77. The van der Waals surface area contributed by atoms with Crippen LogP contribution < -0.4 is 10.1 Å². The summed E-state index contributed by atoms with van der Waals surface area (Å²) >= 11 is 1.60. The van der Waals surface area contributed by atoms with Crippen LogP contribution in [0.2, 0.25) is 0 Å². The second kappa shape index (κ2) is 6.91. The first-order chi connectivity index (χ1) is 9.98. The highest BCUT2D eigenvalue weighted by Gasteiger charge is 2.31. The van der Waals surface area contributed by atoms with E-state index in [0.29, 0.717) is 12.1 Å². The van der Waals surface area contributed by atoms with Crippen molar-refractivity contribution < 1.29 is 17.9 Å².